The molecule has 3 N–H and O–H groups in total. The van der Waals surface area contributed by atoms with Crippen molar-refractivity contribution in [2.45, 2.75) is 71.9 Å². The molecule has 4 heteroatoms. The highest BCUT2D eigenvalue weighted by Crippen LogP contribution is 2.51. The molecule has 1 atom stereocenters. The number of hydrogen-bond acceptors (Lipinski definition) is 3. The van der Waals surface area contributed by atoms with Gasteiger partial charge in [0, 0.05) is 12.2 Å². The van der Waals surface area contributed by atoms with Gasteiger partial charge in [0.1, 0.15) is 0 Å². The van der Waals surface area contributed by atoms with Gasteiger partial charge >= 0.3 is 0 Å². The first-order valence-electron chi connectivity index (χ1n) is 8.00. The van der Waals surface area contributed by atoms with Crippen molar-refractivity contribution in [1.29, 1.82) is 0 Å². The quantitative estimate of drug-likeness (QED) is 0.618. The van der Waals surface area contributed by atoms with Crippen LogP contribution in [0.4, 0.5) is 0 Å². The zero-order valence-corrected chi connectivity index (χ0v) is 13.4. The summed E-state index contributed by atoms with van der Waals surface area (Å²) in [5.74, 6) is 6.68. The molecular formula is C16H30N4. The Morgan fingerprint density at radius 2 is 1.95 bits per heavy atom. The van der Waals surface area contributed by atoms with Crippen LogP contribution in [-0.2, 0) is 0 Å². The number of nitrogens with two attached hydrogens (primary N) is 1. The van der Waals surface area contributed by atoms with Crippen molar-refractivity contribution >= 4 is 0 Å². The molecule has 114 valence electrons. The largest absolute Gasteiger partial charge is 0.271 e. The molecule has 1 unspecified atom stereocenters. The zero-order valence-electron chi connectivity index (χ0n) is 13.4. The molecule has 1 saturated carbocycles. The van der Waals surface area contributed by atoms with Gasteiger partial charge in [-0.3, -0.25) is 16.0 Å². The minimum Gasteiger partial charge on any atom is -0.271 e. The maximum atomic E-state index is 5.98. The van der Waals surface area contributed by atoms with Crippen LogP contribution >= 0.6 is 0 Å². The Hall–Kier alpha value is -0.870. The molecule has 0 radical (unpaired) electrons. The van der Waals surface area contributed by atoms with Crippen LogP contribution in [0.5, 0.6) is 0 Å². The number of rotatable bonds is 6. The van der Waals surface area contributed by atoms with Gasteiger partial charge in [-0.15, -0.1) is 0 Å². The van der Waals surface area contributed by atoms with Gasteiger partial charge in [-0.25, -0.2) is 0 Å². The van der Waals surface area contributed by atoms with Crippen molar-refractivity contribution in [3.8, 4) is 0 Å². The van der Waals surface area contributed by atoms with Gasteiger partial charge in [-0.2, -0.15) is 5.10 Å². The van der Waals surface area contributed by atoms with E-state index in [0.29, 0.717) is 12.0 Å². The molecule has 0 spiro atoms. The summed E-state index contributed by atoms with van der Waals surface area (Å²) in [5, 5.41) is 4.49. The van der Waals surface area contributed by atoms with Gasteiger partial charge in [0.15, 0.2) is 0 Å². The topological polar surface area (TPSA) is 55.9 Å². The monoisotopic (exact) mass is 278 g/mol. The summed E-state index contributed by atoms with van der Waals surface area (Å²) >= 11 is 0. The van der Waals surface area contributed by atoms with Crippen molar-refractivity contribution in [2.75, 3.05) is 0 Å². The Kier molecular flexibility index (Phi) is 4.86. The second-order valence-corrected chi connectivity index (χ2v) is 7.06. The van der Waals surface area contributed by atoms with E-state index in [-0.39, 0.29) is 11.5 Å². The number of nitrogens with one attached hydrogen (secondary N) is 1. The van der Waals surface area contributed by atoms with Crippen LogP contribution in [0.2, 0.25) is 0 Å². The lowest BCUT2D eigenvalue weighted by molar-refractivity contribution is 0.147. The molecule has 0 bridgehead atoms. The summed E-state index contributed by atoms with van der Waals surface area (Å²) in [7, 11) is 0. The summed E-state index contributed by atoms with van der Waals surface area (Å²) in [6.07, 6.45) is 8.30. The van der Waals surface area contributed by atoms with Gasteiger partial charge in [-0.05, 0) is 50.5 Å². The van der Waals surface area contributed by atoms with E-state index in [1.54, 1.807) is 0 Å². The van der Waals surface area contributed by atoms with Crippen LogP contribution in [0.3, 0.4) is 0 Å². The lowest BCUT2D eigenvalue weighted by atomic mass is 9.71. The fourth-order valence-electron chi connectivity index (χ4n) is 4.06. The summed E-state index contributed by atoms with van der Waals surface area (Å²) in [6.45, 7) is 8.97. The highest BCUT2D eigenvalue weighted by Gasteiger charge is 2.43. The van der Waals surface area contributed by atoms with Crippen molar-refractivity contribution < 1.29 is 0 Å². The molecule has 1 heterocycles. The molecule has 0 aliphatic heterocycles. The van der Waals surface area contributed by atoms with E-state index < -0.39 is 0 Å². The normalized spacial score (nSPS) is 19.9. The molecule has 20 heavy (non-hydrogen) atoms. The van der Waals surface area contributed by atoms with Crippen molar-refractivity contribution in [1.82, 2.24) is 15.2 Å². The first-order valence-corrected chi connectivity index (χ1v) is 8.00. The Balaban J connectivity index is 2.35. The Morgan fingerprint density at radius 1 is 1.30 bits per heavy atom. The highest BCUT2D eigenvalue weighted by molar-refractivity contribution is 5.14. The van der Waals surface area contributed by atoms with E-state index >= 15 is 0 Å². The third-order valence-corrected chi connectivity index (χ3v) is 4.68. The predicted octanol–water partition coefficient (Wildman–Crippen LogP) is 3.57. The minimum absolute atomic E-state index is 0.206. The molecule has 0 amide bonds. The smallest absolute Gasteiger partial charge is 0.0685 e. The van der Waals surface area contributed by atoms with Gasteiger partial charge in [0.25, 0.3) is 0 Å². The molecule has 1 aromatic heterocycles. The Bertz CT molecular complexity index is 416. The second kappa shape index (κ2) is 6.27. The summed E-state index contributed by atoms with van der Waals surface area (Å²) in [6, 6.07) is 2.70. The maximum absolute atomic E-state index is 5.98. The van der Waals surface area contributed by atoms with Crippen LogP contribution in [0.1, 0.15) is 77.6 Å². The Morgan fingerprint density at radius 3 is 2.45 bits per heavy atom. The number of hydrogen-bond donors (Lipinski definition) is 2. The first kappa shape index (κ1) is 15.5. The SMILES string of the molecule is CC(C)CC1(C(NN)c2ccnn2C(C)C)CCCC1. The van der Waals surface area contributed by atoms with Crippen LogP contribution < -0.4 is 11.3 Å². The third kappa shape index (κ3) is 2.91. The molecule has 2 rings (SSSR count). The highest BCUT2D eigenvalue weighted by atomic mass is 15.3. The zero-order chi connectivity index (χ0) is 14.8. The molecule has 1 fully saturated rings. The van der Waals surface area contributed by atoms with E-state index in [2.05, 4.69) is 49.0 Å². The fourth-order valence-corrected chi connectivity index (χ4v) is 4.06. The molecule has 0 aromatic carbocycles. The maximum Gasteiger partial charge on any atom is 0.0685 e. The second-order valence-electron chi connectivity index (χ2n) is 7.06. The van der Waals surface area contributed by atoms with Crippen LogP contribution in [0, 0.1) is 11.3 Å². The van der Waals surface area contributed by atoms with E-state index in [1.165, 1.54) is 37.8 Å². The number of hydrazine groups is 1. The molecule has 1 aliphatic carbocycles. The van der Waals surface area contributed by atoms with E-state index in [1.807, 2.05) is 6.20 Å². The van der Waals surface area contributed by atoms with Gasteiger partial charge in [0.2, 0.25) is 0 Å². The number of aromatic nitrogens is 2. The molecule has 1 aromatic rings. The van der Waals surface area contributed by atoms with Crippen LogP contribution in [-0.4, -0.2) is 9.78 Å². The van der Waals surface area contributed by atoms with Gasteiger partial charge in [-0.1, -0.05) is 26.7 Å². The molecule has 4 nitrogen and oxygen atoms in total. The predicted molar refractivity (Wildman–Crippen MR) is 83.0 cm³/mol. The fraction of sp³-hybridized carbons (Fsp3) is 0.812. The summed E-state index contributed by atoms with van der Waals surface area (Å²) < 4.78 is 2.12. The molecular weight excluding hydrogens is 248 g/mol. The minimum atomic E-state index is 0.206. The van der Waals surface area contributed by atoms with Crippen LogP contribution in [0.25, 0.3) is 0 Å². The van der Waals surface area contributed by atoms with Gasteiger partial charge in [0.05, 0.1) is 11.7 Å². The molecule has 0 saturated heterocycles. The van der Waals surface area contributed by atoms with Crippen molar-refractivity contribution in [3.05, 3.63) is 18.0 Å². The first-order chi connectivity index (χ1) is 9.50. The number of nitrogens with zero attached hydrogens (tertiary/aromatic N) is 2. The summed E-state index contributed by atoms with van der Waals surface area (Å²) in [4.78, 5) is 0. The van der Waals surface area contributed by atoms with Crippen molar-refractivity contribution in [2.24, 2.45) is 17.2 Å². The molecule has 1 aliphatic rings. The average molecular weight is 278 g/mol. The summed E-state index contributed by atoms with van der Waals surface area (Å²) in [5.41, 5.74) is 4.66. The van der Waals surface area contributed by atoms with Crippen LogP contribution in [0.15, 0.2) is 12.3 Å². The van der Waals surface area contributed by atoms with E-state index in [4.69, 9.17) is 5.84 Å². The van der Waals surface area contributed by atoms with E-state index in [9.17, 15) is 0 Å². The lowest BCUT2D eigenvalue weighted by Gasteiger charge is -2.39. The third-order valence-electron chi connectivity index (χ3n) is 4.68. The van der Waals surface area contributed by atoms with E-state index in [0.717, 1.165) is 0 Å². The Labute approximate surface area is 123 Å². The average Bonchev–Trinajstić information content (AvgIpc) is 2.99. The van der Waals surface area contributed by atoms with Gasteiger partial charge < -0.3 is 0 Å². The standard InChI is InChI=1S/C16H30N4/c1-12(2)11-16(8-5-6-9-16)15(19-17)14-7-10-18-20(14)13(3)4/h7,10,12-13,15,19H,5-6,8-9,11,17H2,1-4H3. The lowest BCUT2D eigenvalue weighted by Crippen LogP contribution is -2.42. The van der Waals surface area contributed by atoms with Crippen molar-refractivity contribution in [3.63, 3.8) is 0 Å².